The summed E-state index contributed by atoms with van der Waals surface area (Å²) in [6.07, 6.45) is -3.86. The Balaban J connectivity index is 1.75. The number of benzene rings is 1. The fraction of sp³-hybridized carbons (Fsp3) is 0.524. The molecular formula is C21H31N4O16P3. The molecule has 0 spiro atoms. The third-order valence-electron chi connectivity index (χ3n) is 6.00. The average molecular weight is 688 g/mol. The molecule has 0 radical (unpaired) electrons. The number of nitrogen functional groups attached to an aromatic ring is 1. The molecule has 1 fully saturated rings. The van der Waals surface area contributed by atoms with E-state index in [0.717, 1.165) is 4.57 Å². The maximum Gasteiger partial charge on any atom is 0.490 e. The molecule has 6 atom stereocenters. The molecule has 1 aliphatic rings. The number of nitro benzene ring substituents is 1. The molecule has 23 heteroatoms. The van der Waals surface area contributed by atoms with Gasteiger partial charge in [-0.25, -0.2) is 18.5 Å². The van der Waals surface area contributed by atoms with Crippen LogP contribution in [0.1, 0.15) is 50.7 Å². The number of ether oxygens (including phenoxy) is 2. The van der Waals surface area contributed by atoms with Crippen molar-refractivity contribution in [1.82, 2.24) is 9.55 Å². The first-order valence-electron chi connectivity index (χ1n) is 12.4. The largest absolute Gasteiger partial charge is 0.490 e. The first kappa shape index (κ1) is 36.1. The molecule has 0 bridgehead atoms. The van der Waals surface area contributed by atoms with Gasteiger partial charge in [0.2, 0.25) is 0 Å². The Morgan fingerprint density at radius 2 is 1.80 bits per heavy atom. The Morgan fingerprint density at radius 1 is 1.16 bits per heavy atom. The smallest absolute Gasteiger partial charge is 0.390 e. The van der Waals surface area contributed by atoms with Gasteiger partial charge in [-0.05, 0) is 11.5 Å². The molecule has 2 unspecified atom stereocenters. The van der Waals surface area contributed by atoms with Crippen LogP contribution >= 0.6 is 23.5 Å². The van der Waals surface area contributed by atoms with Crippen molar-refractivity contribution in [2.45, 2.75) is 58.3 Å². The van der Waals surface area contributed by atoms with Gasteiger partial charge in [0.05, 0.1) is 35.9 Å². The van der Waals surface area contributed by atoms with E-state index in [9.17, 15) is 43.5 Å². The third-order valence-corrected chi connectivity index (χ3v) is 9.80. The lowest BCUT2D eigenvalue weighted by Gasteiger charge is -2.31. The van der Waals surface area contributed by atoms with Crippen molar-refractivity contribution >= 4 is 35.0 Å². The number of aliphatic hydroxyl groups excluding tert-OH is 1. The molecule has 2 heterocycles. The van der Waals surface area contributed by atoms with E-state index >= 15 is 0 Å². The van der Waals surface area contributed by atoms with Crippen LogP contribution < -0.4 is 11.4 Å². The molecule has 0 aliphatic carbocycles. The minimum absolute atomic E-state index is 0.154. The number of aromatic nitrogens is 2. The van der Waals surface area contributed by atoms with E-state index in [1.54, 1.807) is 12.1 Å². The minimum atomic E-state index is -5.76. The molecule has 44 heavy (non-hydrogen) atoms. The standard InChI is InChI=1S/C21H31N4O16P3/c1-21(2,3)18(13-6-4-5-7-14(13)25(28)29)37-10-12-9-24(20(27)23-19(12)22)17-8-15(26)16(39-17)11-38-43(33,34)41-44(35,36)40-42(30,31)32/h4-7,9,15-18,26H,8,10-11H2,1-3H3,(H,33,34)(H,35,36)(H2,22,23,27)(H2,30,31,32)/t15-,16-,17-,18+/m1/s1. The zero-order chi connectivity index (χ0) is 33.3. The van der Waals surface area contributed by atoms with Crippen molar-refractivity contribution in [2.24, 2.45) is 5.41 Å². The van der Waals surface area contributed by atoms with E-state index in [1.807, 2.05) is 20.8 Å². The van der Waals surface area contributed by atoms with Gasteiger partial charge in [-0.1, -0.05) is 32.9 Å². The molecule has 2 aromatic rings. The van der Waals surface area contributed by atoms with Crippen molar-refractivity contribution in [3.63, 3.8) is 0 Å². The Kier molecular flexibility index (Phi) is 11.1. The van der Waals surface area contributed by atoms with Crippen LogP contribution in [-0.2, 0) is 42.9 Å². The Bertz CT molecular complexity index is 1570. The van der Waals surface area contributed by atoms with Crippen molar-refractivity contribution in [1.29, 1.82) is 0 Å². The van der Waals surface area contributed by atoms with Crippen LogP contribution in [0.3, 0.4) is 0 Å². The number of phosphoric ester groups is 1. The van der Waals surface area contributed by atoms with Crippen molar-refractivity contribution in [3.05, 3.63) is 62.2 Å². The van der Waals surface area contributed by atoms with E-state index in [2.05, 4.69) is 18.1 Å². The molecule has 1 saturated heterocycles. The van der Waals surface area contributed by atoms with Crippen molar-refractivity contribution in [3.8, 4) is 0 Å². The number of aliphatic hydroxyl groups is 1. The van der Waals surface area contributed by atoms with Gasteiger partial charge in [-0.15, -0.1) is 0 Å². The van der Waals surface area contributed by atoms with Crippen LogP contribution in [0.2, 0.25) is 0 Å². The number of nitrogens with two attached hydrogens (primary N) is 1. The summed E-state index contributed by atoms with van der Waals surface area (Å²) in [5.41, 5.74) is 4.76. The molecule has 246 valence electrons. The molecule has 1 aliphatic heterocycles. The number of hydrogen-bond donors (Lipinski definition) is 6. The summed E-state index contributed by atoms with van der Waals surface area (Å²) in [7, 11) is -16.8. The Hall–Kier alpha value is -2.41. The van der Waals surface area contributed by atoms with Crippen molar-refractivity contribution in [2.75, 3.05) is 12.3 Å². The predicted octanol–water partition coefficient (Wildman–Crippen LogP) is 2.03. The summed E-state index contributed by atoms with van der Waals surface area (Å²) in [4.78, 5) is 63.6. The molecule has 0 saturated carbocycles. The number of nitro groups is 1. The number of hydrogen-bond acceptors (Lipinski definition) is 14. The number of para-hydroxylation sites is 1. The fourth-order valence-corrected chi connectivity index (χ4v) is 7.23. The second-order valence-corrected chi connectivity index (χ2v) is 15.0. The molecular weight excluding hydrogens is 657 g/mol. The number of rotatable bonds is 13. The topological polar surface area (TPSA) is 303 Å². The van der Waals surface area contributed by atoms with Gasteiger partial charge in [0, 0.05) is 24.2 Å². The van der Waals surface area contributed by atoms with Gasteiger partial charge in [-0.3, -0.25) is 19.2 Å². The predicted molar refractivity (Wildman–Crippen MR) is 147 cm³/mol. The van der Waals surface area contributed by atoms with Crippen LogP contribution in [-0.4, -0.2) is 58.0 Å². The number of phosphoric acid groups is 3. The average Bonchev–Trinajstić information content (AvgIpc) is 3.21. The summed E-state index contributed by atoms with van der Waals surface area (Å²) in [6.45, 7) is 4.24. The van der Waals surface area contributed by atoms with Crippen LogP contribution in [0.5, 0.6) is 0 Å². The third kappa shape index (κ3) is 9.79. The molecule has 1 aromatic carbocycles. The SMILES string of the molecule is CC(C)(C)[C@@H](OCc1cn([C@H]2C[C@@H](O)[C@@H](COP(=O)(O)OP(=O)(O)OP(=O)(O)O)O2)c(=O)nc1N)c1ccccc1[N+](=O)[O-]. The fourth-order valence-electron chi connectivity index (χ4n) is 4.20. The van der Waals surface area contributed by atoms with Gasteiger partial charge < -0.3 is 39.9 Å². The highest BCUT2D eigenvalue weighted by atomic mass is 31.3. The van der Waals surface area contributed by atoms with Crippen LogP contribution in [0.25, 0.3) is 0 Å². The zero-order valence-corrected chi connectivity index (χ0v) is 26.0. The maximum absolute atomic E-state index is 12.6. The Labute approximate surface area is 248 Å². The highest BCUT2D eigenvalue weighted by Crippen LogP contribution is 2.66. The highest BCUT2D eigenvalue weighted by Gasteiger charge is 2.43. The number of anilines is 1. The molecule has 0 amide bonds. The van der Waals surface area contributed by atoms with Crippen LogP contribution in [0, 0.1) is 15.5 Å². The summed E-state index contributed by atoms with van der Waals surface area (Å²) < 4.78 is 58.6. The van der Waals surface area contributed by atoms with Gasteiger partial charge in [0.25, 0.3) is 5.69 Å². The zero-order valence-electron chi connectivity index (χ0n) is 23.3. The highest BCUT2D eigenvalue weighted by molar-refractivity contribution is 7.66. The van der Waals surface area contributed by atoms with Gasteiger partial charge in [-0.2, -0.15) is 13.6 Å². The lowest BCUT2D eigenvalue weighted by atomic mass is 9.84. The monoisotopic (exact) mass is 688 g/mol. The van der Waals surface area contributed by atoms with E-state index < -0.39 is 70.6 Å². The van der Waals surface area contributed by atoms with Gasteiger partial charge >= 0.3 is 29.2 Å². The van der Waals surface area contributed by atoms with Gasteiger partial charge in [0.15, 0.2) is 0 Å². The van der Waals surface area contributed by atoms with E-state index in [-0.39, 0.29) is 30.1 Å². The van der Waals surface area contributed by atoms with Crippen LogP contribution in [0.15, 0.2) is 35.3 Å². The number of nitrogens with zero attached hydrogens (tertiary/aromatic N) is 3. The maximum atomic E-state index is 12.6. The Morgan fingerprint density at radius 3 is 2.39 bits per heavy atom. The van der Waals surface area contributed by atoms with E-state index in [0.29, 0.717) is 5.56 Å². The molecule has 7 N–H and O–H groups in total. The lowest BCUT2D eigenvalue weighted by Crippen LogP contribution is -2.30. The minimum Gasteiger partial charge on any atom is -0.390 e. The first-order valence-corrected chi connectivity index (χ1v) is 16.9. The quantitative estimate of drug-likeness (QED) is 0.0996. The van der Waals surface area contributed by atoms with E-state index in [1.165, 1.54) is 18.3 Å². The summed E-state index contributed by atoms with van der Waals surface area (Å²) in [6, 6.07) is 6.05. The second kappa shape index (κ2) is 13.5. The first-order chi connectivity index (χ1) is 20.1. The summed E-state index contributed by atoms with van der Waals surface area (Å²) in [5.74, 6) is -0.204. The molecule has 20 nitrogen and oxygen atoms in total. The molecule has 1 aromatic heterocycles. The van der Waals surface area contributed by atoms with Crippen molar-refractivity contribution < 1.29 is 65.9 Å². The van der Waals surface area contributed by atoms with Crippen LogP contribution in [0.4, 0.5) is 11.5 Å². The second-order valence-electron chi connectivity index (χ2n) is 10.5. The summed E-state index contributed by atoms with van der Waals surface area (Å²) in [5, 5.41) is 22.0. The lowest BCUT2D eigenvalue weighted by molar-refractivity contribution is -0.386. The van der Waals surface area contributed by atoms with Gasteiger partial charge in [0.1, 0.15) is 18.1 Å². The normalized spacial score (nSPS) is 22.7. The van der Waals surface area contributed by atoms with E-state index in [4.69, 9.17) is 25.0 Å². The molecule has 3 rings (SSSR count). The summed E-state index contributed by atoms with van der Waals surface area (Å²) >= 11 is 0.